The predicted molar refractivity (Wildman–Crippen MR) is 77.2 cm³/mol. The van der Waals surface area contributed by atoms with Crippen molar-refractivity contribution in [2.24, 2.45) is 0 Å². The first-order valence-corrected chi connectivity index (χ1v) is 7.23. The van der Waals surface area contributed by atoms with Crippen LogP contribution in [0.4, 0.5) is 5.13 Å². The Labute approximate surface area is 118 Å². The molecule has 1 rings (SSSR count). The quantitative estimate of drug-likeness (QED) is 0.721. The topological polar surface area (TPSA) is 51.7 Å². The molecular formula is C13H22N2O3S. The van der Waals surface area contributed by atoms with Crippen molar-refractivity contribution in [1.29, 1.82) is 0 Å². The first kappa shape index (κ1) is 15.9. The lowest BCUT2D eigenvalue weighted by Gasteiger charge is -2.25. The molecule has 0 aliphatic rings. The van der Waals surface area contributed by atoms with Gasteiger partial charge in [0, 0.05) is 24.6 Å². The number of rotatable bonds is 7. The second-order valence-electron chi connectivity index (χ2n) is 4.40. The Bertz CT molecular complexity index is 418. The minimum atomic E-state index is -0.349. The molecule has 0 radical (unpaired) electrons. The van der Waals surface area contributed by atoms with Gasteiger partial charge in [0.25, 0.3) is 0 Å². The summed E-state index contributed by atoms with van der Waals surface area (Å²) in [7, 11) is 1.68. The predicted octanol–water partition coefficient (Wildman–Crippen LogP) is 2.49. The standard InChI is InChI=1S/C13H22N2O3S/c1-6-18-12(16)11-10(4)19-13(14-11)15(9(2)3)7-8-17-5/h9H,6-8H2,1-5H3. The maximum Gasteiger partial charge on any atom is 0.358 e. The maximum atomic E-state index is 11.8. The Kier molecular flexibility index (Phi) is 6.24. The fourth-order valence-electron chi connectivity index (χ4n) is 1.66. The number of aryl methyl sites for hydroxylation is 1. The van der Waals surface area contributed by atoms with Gasteiger partial charge >= 0.3 is 5.97 Å². The minimum Gasteiger partial charge on any atom is -0.461 e. The van der Waals surface area contributed by atoms with Crippen molar-refractivity contribution in [3.05, 3.63) is 10.6 Å². The monoisotopic (exact) mass is 286 g/mol. The van der Waals surface area contributed by atoms with Crippen LogP contribution < -0.4 is 4.90 Å². The van der Waals surface area contributed by atoms with Crippen LogP contribution in [0.5, 0.6) is 0 Å². The smallest absolute Gasteiger partial charge is 0.358 e. The van der Waals surface area contributed by atoms with Crippen LogP contribution >= 0.6 is 11.3 Å². The number of hydrogen-bond donors (Lipinski definition) is 0. The Morgan fingerprint density at radius 1 is 1.47 bits per heavy atom. The largest absolute Gasteiger partial charge is 0.461 e. The number of ether oxygens (including phenoxy) is 2. The Hall–Kier alpha value is -1.14. The molecular weight excluding hydrogens is 264 g/mol. The molecule has 1 heterocycles. The molecule has 1 aromatic rings. The van der Waals surface area contributed by atoms with Crippen LogP contribution in [0.3, 0.4) is 0 Å². The number of anilines is 1. The van der Waals surface area contributed by atoms with Crippen molar-refractivity contribution in [2.45, 2.75) is 33.7 Å². The number of thiazole rings is 1. The molecule has 0 aliphatic carbocycles. The van der Waals surface area contributed by atoms with Gasteiger partial charge in [-0.25, -0.2) is 9.78 Å². The summed E-state index contributed by atoms with van der Waals surface area (Å²) in [5.74, 6) is -0.349. The molecule has 0 atom stereocenters. The van der Waals surface area contributed by atoms with E-state index in [1.54, 1.807) is 14.0 Å². The summed E-state index contributed by atoms with van der Waals surface area (Å²) in [5, 5.41) is 0.840. The van der Waals surface area contributed by atoms with Gasteiger partial charge < -0.3 is 14.4 Å². The van der Waals surface area contributed by atoms with Crippen LogP contribution in [0.25, 0.3) is 0 Å². The summed E-state index contributed by atoms with van der Waals surface area (Å²) in [5.41, 5.74) is 0.421. The van der Waals surface area contributed by atoms with Crippen LogP contribution in [0.1, 0.15) is 36.1 Å². The molecule has 0 amide bonds. The molecule has 6 heteroatoms. The third-order valence-corrected chi connectivity index (χ3v) is 3.67. The van der Waals surface area contributed by atoms with Crippen LogP contribution in [0.2, 0.25) is 0 Å². The van der Waals surface area contributed by atoms with Crippen molar-refractivity contribution in [1.82, 2.24) is 4.98 Å². The highest BCUT2D eigenvalue weighted by molar-refractivity contribution is 7.15. The molecule has 0 unspecified atom stereocenters. The van der Waals surface area contributed by atoms with E-state index in [1.807, 2.05) is 6.92 Å². The fourth-order valence-corrected chi connectivity index (χ4v) is 2.71. The lowest BCUT2D eigenvalue weighted by Crippen LogP contribution is -2.33. The lowest BCUT2D eigenvalue weighted by atomic mass is 10.3. The number of hydrogen-bond acceptors (Lipinski definition) is 6. The zero-order valence-electron chi connectivity index (χ0n) is 12.2. The maximum absolute atomic E-state index is 11.8. The first-order chi connectivity index (χ1) is 9.01. The lowest BCUT2D eigenvalue weighted by molar-refractivity contribution is 0.0519. The summed E-state index contributed by atoms with van der Waals surface area (Å²) in [4.78, 5) is 19.2. The fraction of sp³-hybridized carbons (Fsp3) is 0.692. The Balaban J connectivity index is 2.93. The highest BCUT2D eigenvalue weighted by atomic mass is 32.1. The number of esters is 1. The normalized spacial score (nSPS) is 10.8. The van der Waals surface area contributed by atoms with E-state index in [0.29, 0.717) is 24.9 Å². The van der Waals surface area contributed by atoms with Gasteiger partial charge in [-0.05, 0) is 27.7 Å². The van der Waals surface area contributed by atoms with E-state index in [9.17, 15) is 4.79 Å². The Morgan fingerprint density at radius 2 is 2.16 bits per heavy atom. The third kappa shape index (κ3) is 4.18. The number of aromatic nitrogens is 1. The van der Waals surface area contributed by atoms with Gasteiger partial charge in [-0.2, -0.15) is 0 Å². The summed E-state index contributed by atoms with van der Waals surface area (Å²) in [6.45, 7) is 9.62. The minimum absolute atomic E-state index is 0.302. The SMILES string of the molecule is CCOC(=O)c1nc(N(CCOC)C(C)C)sc1C. The molecule has 5 nitrogen and oxygen atoms in total. The number of methoxy groups -OCH3 is 1. The van der Waals surface area contributed by atoms with Gasteiger partial charge in [-0.1, -0.05) is 0 Å². The average molecular weight is 286 g/mol. The van der Waals surface area contributed by atoms with Gasteiger partial charge in [-0.15, -0.1) is 11.3 Å². The van der Waals surface area contributed by atoms with E-state index < -0.39 is 0 Å². The first-order valence-electron chi connectivity index (χ1n) is 6.41. The summed E-state index contributed by atoms with van der Waals surface area (Å²) >= 11 is 1.51. The number of carbonyl (C=O) groups is 1. The van der Waals surface area contributed by atoms with Crippen molar-refractivity contribution < 1.29 is 14.3 Å². The zero-order valence-corrected chi connectivity index (χ0v) is 13.0. The summed E-state index contributed by atoms with van der Waals surface area (Å²) < 4.78 is 10.1. The van der Waals surface area contributed by atoms with Crippen LogP contribution in [0, 0.1) is 6.92 Å². The highest BCUT2D eigenvalue weighted by Gasteiger charge is 2.21. The van der Waals surface area contributed by atoms with Crippen molar-refractivity contribution >= 4 is 22.4 Å². The van der Waals surface area contributed by atoms with Crippen molar-refractivity contribution in [3.63, 3.8) is 0 Å². The van der Waals surface area contributed by atoms with Crippen molar-refractivity contribution in [3.8, 4) is 0 Å². The molecule has 0 N–H and O–H groups in total. The van der Waals surface area contributed by atoms with Gasteiger partial charge in [0.1, 0.15) is 0 Å². The molecule has 0 aliphatic heterocycles. The van der Waals surface area contributed by atoms with E-state index in [1.165, 1.54) is 11.3 Å². The van der Waals surface area contributed by atoms with Crippen molar-refractivity contribution in [2.75, 3.05) is 31.8 Å². The highest BCUT2D eigenvalue weighted by Crippen LogP contribution is 2.27. The second-order valence-corrected chi connectivity index (χ2v) is 5.58. The third-order valence-electron chi connectivity index (χ3n) is 2.66. The van der Waals surface area contributed by atoms with Gasteiger partial charge in [0.2, 0.25) is 0 Å². The molecule has 0 saturated carbocycles. The van der Waals surface area contributed by atoms with E-state index in [-0.39, 0.29) is 5.97 Å². The van der Waals surface area contributed by atoms with Crippen LogP contribution in [-0.2, 0) is 9.47 Å². The molecule has 0 bridgehead atoms. The molecule has 0 spiro atoms. The van der Waals surface area contributed by atoms with E-state index >= 15 is 0 Å². The van der Waals surface area contributed by atoms with E-state index in [0.717, 1.165) is 16.6 Å². The van der Waals surface area contributed by atoms with Crippen LogP contribution in [-0.4, -0.2) is 43.9 Å². The molecule has 0 saturated heterocycles. The average Bonchev–Trinajstić information content (AvgIpc) is 2.71. The van der Waals surface area contributed by atoms with Gasteiger partial charge in [0.05, 0.1) is 13.2 Å². The van der Waals surface area contributed by atoms with E-state index in [2.05, 4.69) is 23.7 Å². The summed E-state index contributed by atoms with van der Waals surface area (Å²) in [6.07, 6.45) is 0. The Morgan fingerprint density at radius 3 is 2.68 bits per heavy atom. The molecule has 108 valence electrons. The van der Waals surface area contributed by atoms with E-state index in [4.69, 9.17) is 9.47 Å². The number of carbonyl (C=O) groups excluding carboxylic acids is 1. The van der Waals surface area contributed by atoms with Gasteiger partial charge in [-0.3, -0.25) is 0 Å². The molecule has 19 heavy (non-hydrogen) atoms. The molecule has 0 aromatic carbocycles. The van der Waals surface area contributed by atoms with Gasteiger partial charge in [0.15, 0.2) is 10.8 Å². The number of nitrogens with zero attached hydrogens (tertiary/aromatic N) is 2. The molecule has 1 aromatic heterocycles. The van der Waals surface area contributed by atoms with Crippen LogP contribution in [0.15, 0.2) is 0 Å². The molecule has 0 fully saturated rings. The summed E-state index contributed by atoms with van der Waals surface area (Å²) in [6, 6.07) is 0.302. The second kappa shape index (κ2) is 7.45. The zero-order chi connectivity index (χ0) is 14.4.